The molecule has 1 atom stereocenters. The second-order valence-electron chi connectivity index (χ2n) is 5.83. The highest BCUT2D eigenvalue weighted by Crippen LogP contribution is 2.41. The van der Waals surface area contributed by atoms with Crippen LogP contribution < -0.4 is 5.32 Å². The fraction of sp³-hybridized carbons (Fsp3) is 0.278. The van der Waals surface area contributed by atoms with Crippen molar-refractivity contribution in [2.24, 2.45) is 4.99 Å². The van der Waals surface area contributed by atoms with Crippen LogP contribution in [0.5, 0.6) is 0 Å². The molecule has 0 aromatic heterocycles. The van der Waals surface area contributed by atoms with Crippen molar-refractivity contribution < 1.29 is 17.7 Å². The molecule has 0 saturated carbocycles. The molecule has 6 nitrogen and oxygen atoms in total. The molecule has 0 saturated heterocycles. The number of ether oxygens (including phenoxy) is 1. The topological polar surface area (TPSA) is 88.0 Å². The van der Waals surface area contributed by atoms with E-state index in [0.717, 1.165) is 16.8 Å². The summed E-state index contributed by atoms with van der Waals surface area (Å²) in [6.45, 7) is 4.69. The van der Waals surface area contributed by atoms with Gasteiger partial charge in [-0.15, -0.1) is 0 Å². The van der Waals surface area contributed by atoms with Gasteiger partial charge in [0.15, 0.2) is 5.60 Å². The predicted octanol–water partition coefficient (Wildman–Crippen LogP) is 3.93. The van der Waals surface area contributed by atoms with Gasteiger partial charge in [0.2, 0.25) is 0 Å². The van der Waals surface area contributed by atoms with E-state index in [0.29, 0.717) is 23.8 Å². The van der Waals surface area contributed by atoms with Gasteiger partial charge in [-0.1, -0.05) is 41.9 Å². The van der Waals surface area contributed by atoms with Crippen molar-refractivity contribution in [3.8, 4) is 0 Å². The largest absolute Gasteiger partial charge is 0.449 e. The summed E-state index contributed by atoms with van der Waals surface area (Å²) in [6, 6.07) is 16.4. The molecule has 0 fully saturated rings. The molecule has 1 unspecified atom stereocenters. The minimum Gasteiger partial charge on any atom is -0.449 e. The molecule has 1 aliphatic heterocycles. The van der Waals surface area contributed by atoms with Gasteiger partial charge in [-0.25, -0.2) is 4.99 Å². The summed E-state index contributed by atoms with van der Waals surface area (Å²) in [5.74, 6) is 0. The molecule has 2 N–H and O–H groups in total. The van der Waals surface area contributed by atoms with Crippen LogP contribution in [-0.2, 0) is 20.5 Å². The van der Waals surface area contributed by atoms with Crippen LogP contribution in [0.4, 0.5) is 5.69 Å². The molecule has 2 aromatic carbocycles. The minimum atomic E-state index is -3.67. The lowest BCUT2D eigenvalue weighted by Gasteiger charge is -2.38. The van der Waals surface area contributed by atoms with Crippen LogP contribution >= 0.6 is 11.6 Å². The molecule has 2 aromatic rings. The number of hydrogen-bond acceptors (Lipinski definition) is 4. The number of halogens is 1. The quantitative estimate of drug-likeness (QED) is 0.751. The van der Waals surface area contributed by atoms with Crippen LogP contribution in [0.15, 0.2) is 53.5 Å². The second-order valence-corrected chi connectivity index (χ2v) is 7.73. The van der Waals surface area contributed by atoms with Gasteiger partial charge in [-0.3, -0.25) is 4.55 Å². The lowest BCUT2D eigenvalue weighted by Crippen LogP contribution is -2.39. The van der Waals surface area contributed by atoms with E-state index < -0.39 is 15.7 Å². The Kier molecular flexibility index (Phi) is 6.28. The van der Waals surface area contributed by atoms with Crippen molar-refractivity contribution >= 4 is 33.4 Å². The summed E-state index contributed by atoms with van der Waals surface area (Å²) < 4.78 is 32.0. The molecule has 140 valence electrons. The van der Waals surface area contributed by atoms with Crippen molar-refractivity contribution in [3.05, 3.63) is 64.7 Å². The fourth-order valence-corrected chi connectivity index (χ4v) is 2.77. The molecular weight excluding hydrogens is 376 g/mol. The Bertz CT molecular complexity index is 893. The molecule has 8 heteroatoms. The molecule has 1 heterocycles. The van der Waals surface area contributed by atoms with Crippen LogP contribution in [0.1, 0.15) is 25.0 Å². The first kappa shape index (κ1) is 20.2. The van der Waals surface area contributed by atoms with E-state index in [4.69, 9.17) is 20.9 Å². The first-order valence-electron chi connectivity index (χ1n) is 7.92. The van der Waals surface area contributed by atoms with Gasteiger partial charge in [0.1, 0.15) is 0 Å². The molecule has 26 heavy (non-hydrogen) atoms. The summed E-state index contributed by atoms with van der Waals surface area (Å²) in [5, 5.41) is 3.91. The van der Waals surface area contributed by atoms with Gasteiger partial charge in [-0.05, 0) is 37.6 Å². The van der Waals surface area contributed by atoms with E-state index in [1.165, 1.54) is 0 Å². The zero-order valence-electron chi connectivity index (χ0n) is 14.7. The number of nitrogens with one attached hydrogen (secondary N) is 1. The number of nitrogens with zero attached hydrogens (tertiary/aromatic N) is 1. The van der Waals surface area contributed by atoms with Crippen molar-refractivity contribution in [1.29, 1.82) is 0 Å². The molecule has 0 radical (unpaired) electrons. The Balaban J connectivity index is 0.000000431. The summed E-state index contributed by atoms with van der Waals surface area (Å²) in [4.78, 5) is 4.38. The van der Waals surface area contributed by atoms with Crippen LogP contribution in [0.3, 0.4) is 0 Å². The van der Waals surface area contributed by atoms with Gasteiger partial charge in [0.25, 0.3) is 16.1 Å². The number of hydrogen-bond donors (Lipinski definition) is 2. The smallest absolute Gasteiger partial charge is 0.290 e. The van der Waals surface area contributed by atoms with Gasteiger partial charge in [0.05, 0.1) is 6.26 Å². The first-order chi connectivity index (χ1) is 12.1. The lowest BCUT2D eigenvalue weighted by molar-refractivity contribution is 0.112. The average Bonchev–Trinajstić information content (AvgIpc) is 2.55. The van der Waals surface area contributed by atoms with E-state index >= 15 is 0 Å². The van der Waals surface area contributed by atoms with Crippen LogP contribution in [-0.4, -0.2) is 31.8 Å². The summed E-state index contributed by atoms with van der Waals surface area (Å²) in [6.07, 6.45) is 0.715. The highest BCUT2D eigenvalue weighted by atomic mass is 35.5. The fourth-order valence-electron chi connectivity index (χ4n) is 2.60. The van der Waals surface area contributed by atoms with Crippen LogP contribution in [0, 0.1) is 0 Å². The molecule has 0 bridgehead atoms. The summed E-state index contributed by atoms with van der Waals surface area (Å²) >= 11 is 6.18. The van der Waals surface area contributed by atoms with E-state index in [1.54, 1.807) is 0 Å². The van der Waals surface area contributed by atoms with E-state index in [9.17, 15) is 8.42 Å². The molecule has 3 rings (SSSR count). The van der Waals surface area contributed by atoms with Gasteiger partial charge < -0.3 is 10.1 Å². The maximum atomic E-state index is 9.19. The maximum Gasteiger partial charge on any atom is 0.290 e. The molecule has 0 amide bonds. The maximum absolute atomic E-state index is 9.19. The Hall–Kier alpha value is -2.09. The minimum absolute atomic E-state index is 0.540. The van der Waals surface area contributed by atoms with Gasteiger partial charge >= 0.3 is 0 Å². The standard InChI is InChI=1S/C17H17ClN2O.CH4O3S/c1-3-19-16-20-15-10-9-13(18)11-14(15)17(2,21-16)12-7-5-4-6-8-12;1-5(2,3)4/h4-11H,3H2,1-2H3,(H,19,20);1H3,(H,2,3,4). The van der Waals surface area contributed by atoms with Gasteiger partial charge in [0, 0.05) is 22.8 Å². The molecule has 1 aliphatic rings. The average molecular weight is 397 g/mol. The lowest BCUT2D eigenvalue weighted by atomic mass is 9.86. The van der Waals surface area contributed by atoms with Gasteiger partial charge in [-0.2, -0.15) is 8.42 Å². The Morgan fingerprint density at radius 1 is 1.23 bits per heavy atom. The Labute approximate surface area is 158 Å². The third-order valence-electron chi connectivity index (χ3n) is 3.66. The second kappa shape index (κ2) is 8.07. The first-order valence-corrected chi connectivity index (χ1v) is 10.1. The van der Waals surface area contributed by atoms with Crippen molar-refractivity contribution in [2.45, 2.75) is 19.4 Å². The third kappa shape index (κ3) is 5.20. The van der Waals surface area contributed by atoms with E-state index in [1.807, 2.05) is 50.2 Å². The molecule has 0 spiro atoms. The SMILES string of the molecule is CCN=C1Nc2ccc(Cl)cc2C(C)(c2ccccc2)O1.CS(=O)(=O)O. The zero-order chi connectivity index (χ0) is 19.4. The number of fused-ring (bicyclic) bond motifs is 1. The van der Waals surface area contributed by atoms with E-state index in [2.05, 4.69) is 22.4 Å². The summed E-state index contributed by atoms with van der Waals surface area (Å²) in [7, 11) is -3.67. The highest BCUT2D eigenvalue weighted by Gasteiger charge is 2.38. The summed E-state index contributed by atoms with van der Waals surface area (Å²) in [5.41, 5.74) is 2.44. The van der Waals surface area contributed by atoms with E-state index in [-0.39, 0.29) is 0 Å². The predicted molar refractivity (Wildman–Crippen MR) is 105 cm³/mol. The Morgan fingerprint density at radius 2 is 1.85 bits per heavy atom. The van der Waals surface area contributed by atoms with Crippen molar-refractivity contribution in [3.63, 3.8) is 0 Å². The number of rotatable bonds is 2. The van der Waals surface area contributed by atoms with Crippen LogP contribution in [0.2, 0.25) is 5.02 Å². The molecule has 0 aliphatic carbocycles. The number of amidine groups is 1. The van der Waals surface area contributed by atoms with Crippen molar-refractivity contribution in [1.82, 2.24) is 0 Å². The third-order valence-corrected chi connectivity index (χ3v) is 3.90. The zero-order valence-corrected chi connectivity index (χ0v) is 16.3. The van der Waals surface area contributed by atoms with Crippen LogP contribution in [0.25, 0.3) is 0 Å². The normalized spacial score (nSPS) is 20.3. The highest BCUT2D eigenvalue weighted by molar-refractivity contribution is 7.85. The van der Waals surface area contributed by atoms with Crippen molar-refractivity contribution in [2.75, 3.05) is 18.1 Å². The Morgan fingerprint density at radius 3 is 2.42 bits per heavy atom. The molecular formula is C18H21ClN2O4S. The monoisotopic (exact) mass is 396 g/mol. The number of aliphatic imine (C=N–C) groups is 1. The number of benzene rings is 2. The number of anilines is 1.